The second-order valence-electron chi connectivity index (χ2n) is 4.03. The van der Waals surface area contributed by atoms with E-state index in [1.807, 2.05) is 18.2 Å². The van der Waals surface area contributed by atoms with E-state index >= 15 is 0 Å². The van der Waals surface area contributed by atoms with Crippen LogP contribution in [0.25, 0.3) is 0 Å². The van der Waals surface area contributed by atoms with Crippen molar-refractivity contribution in [3.8, 4) is 0 Å². The van der Waals surface area contributed by atoms with E-state index in [0.717, 1.165) is 12.0 Å². The minimum atomic E-state index is 0.206. The number of allylic oxidation sites excluding steroid dienone is 1. The molecule has 0 fully saturated rings. The van der Waals surface area contributed by atoms with E-state index in [1.54, 1.807) is 6.08 Å². The highest BCUT2D eigenvalue weighted by molar-refractivity contribution is 5.96. The molecule has 0 N–H and O–H groups in total. The fourth-order valence-electron chi connectivity index (χ4n) is 1.45. The highest BCUT2D eigenvalue weighted by Gasteiger charge is 2.06. The summed E-state index contributed by atoms with van der Waals surface area (Å²) in [5, 5.41) is 0. The summed E-state index contributed by atoms with van der Waals surface area (Å²) in [5.74, 6) is 0.676. The SMILES string of the molecule is C=CCCC(=O)c1cccc(C(C)C)c1. The average Bonchev–Trinajstić information content (AvgIpc) is 2.26. The smallest absolute Gasteiger partial charge is 0.163 e. The zero-order valence-electron chi connectivity index (χ0n) is 9.49. The summed E-state index contributed by atoms with van der Waals surface area (Å²) in [4.78, 5) is 11.7. The molecule has 0 atom stereocenters. The van der Waals surface area contributed by atoms with Crippen LogP contribution in [-0.2, 0) is 0 Å². The number of carbonyl (C=O) groups is 1. The van der Waals surface area contributed by atoms with Crippen molar-refractivity contribution in [3.63, 3.8) is 0 Å². The molecule has 1 rings (SSSR count). The molecule has 0 saturated heterocycles. The Balaban J connectivity index is 2.80. The van der Waals surface area contributed by atoms with Crippen LogP contribution in [-0.4, -0.2) is 5.78 Å². The van der Waals surface area contributed by atoms with Gasteiger partial charge < -0.3 is 0 Å². The number of hydrogen-bond acceptors (Lipinski definition) is 1. The number of hydrogen-bond donors (Lipinski definition) is 0. The molecule has 15 heavy (non-hydrogen) atoms. The summed E-state index contributed by atoms with van der Waals surface area (Å²) >= 11 is 0. The van der Waals surface area contributed by atoms with Crippen molar-refractivity contribution in [1.29, 1.82) is 0 Å². The van der Waals surface area contributed by atoms with E-state index in [2.05, 4.69) is 26.5 Å². The van der Waals surface area contributed by atoms with Gasteiger partial charge in [-0.1, -0.05) is 38.1 Å². The topological polar surface area (TPSA) is 17.1 Å². The van der Waals surface area contributed by atoms with E-state index in [1.165, 1.54) is 5.56 Å². The van der Waals surface area contributed by atoms with Crippen molar-refractivity contribution in [2.24, 2.45) is 0 Å². The standard InChI is InChI=1S/C14H18O/c1-4-5-9-14(15)13-8-6-7-12(10-13)11(2)3/h4,6-8,10-11H,1,5,9H2,2-3H3. The maximum atomic E-state index is 11.7. The molecule has 80 valence electrons. The Kier molecular flexibility index (Phi) is 4.29. The molecule has 0 aromatic heterocycles. The van der Waals surface area contributed by atoms with Gasteiger partial charge in [-0.2, -0.15) is 0 Å². The van der Waals surface area contributed by atoms with E-state index in [4.69, 9.17) is 0 Å². The van der Waals surface area contributed by atoms with Gasteiger partial charge in [0.1, 0.15) is 0 Å². The Morgan fingerprint density at radius 3 is 2.80 bits per heavy atom. The molecule has 0 radical (unpaired) electrons. The van der Waals surface area contributed by atoms with Gasteiger partial charge in [0, 0.05) is 12.0 Å². The first-order valence-electron chi connectivity index (χ1n) is 5.39. The van der Waals surface area contributed by atoms with Crippen molar-refractivity contribution in [3.05, 3.63) is 48.0 Å². The lowest BCUT2D eigenvalue weighted by Gasteiger charge is -2.06. The van der Waals surface area contributed by atoms with Gasteiger partial charge in [0.15, 0.2) is 5.78 Å². The van der Waals surface area contributed by atoms with Crippen molar-refractivity contribution in [2.75, 3.05) is 0 Å². The Morgan fingerprint density at radius 1 is 1.47 bits per heavy atom. The van der Waals surface area contributed by atoms with E-state index < -0.39 is 0 Å². The molecular formula is C14H18O. The van der Waals surface area contributed by atoms with Crippen LogP contribution in [0.2, 0.25) is 0 Å². The molecule has 0 aliphatic carbocycles. The van der Waals surface area contributed by atoms with Gasteiger partial charge in [-0.25, -0.2) is 0 Å². The van der Waals surface area contributed by atoms with Crippen LogP contribution >= 0.6 is 0 Å². The second-order valence-corrected chi connectivity index (χ2v) is 4.03. The molecule has 0 spiro atoms. The van der Waals surface area contributed by atoms with Crippen LogP contribution in [0, 0.1) is 0 Å². The highest BCUT2D eigenvalue weighted by Crippen LogP contribution is 2.16. The normalized spacial score (nSPS) is 10.3. The first-order chi connectivity index (χ1) is 7.15. The Morgan fingerprint density at radius 2 is 2.20 bits per heavy atom. The third-order valence-electron chi connectivity index (χ3n) is 2.45. The van der Waals surface area contributed by atoms with Crippen molar-refractivity contribution in [1.82, 2.24) is 0 Å². The predicted octanol–water partition coefficient (Wildman–Crippen LogP) is 3.96. The first kappa shape index (κ1) is 11.7. The number of carbonyl (C=O) groups excluding carboxylic acids is 1. The van der Waals surface area contributed by atoms with E-state index in [-0.39, 0.29) is 5.78 Å². The zero-order valence-corrected chi connectivity index (χ0v) is 9.49. The van der Waals surface area contributed by atoms with Gasteiger partial charge in [-0.05, 0) is 24.0 Å². The third kappa shape index (κ3) is 3.35. The van der Waals surface area contributed by atoms with E-state index in [9.17, 15) is 4.79 Å². The molecule has 1 heteroatoms. The lowest BCUT2D eigenvalue weighted by molar-refractivity contribution is 0.0983. The first-order valence-corrected chi connectivity index (χ1v) is 5.39. The van der Waals surface area contributed by atoms with Gasteiger partial charge >= 0.3 is 0 Å². The second kappa shape index (κ2) is 5.50. The molecule has 1 aromatic carbocycles. The monoisotopic (exact) mass is 202 g/mol. The average molecular weight is 202 g/mol. The summed E-state index contributed by atoms with van der Waals surface area (Å²) < 4.78 is 0. The minimum Gasteiger partial charge on any atom is -0.294 e. The Hall–Kier alpha value is -1.37. The number of Topliss-reactive ketones (excluding diaryl/α,β-unsaturated/α-hetero) is 1. The van der Waals surface area contributed by atoms with Gasteiger partial charge in [0.2, 0.25) is 0 Å². The van der Waals surface area contributed by atoms with Gasteiger partial charge in [-0.15, -0.1) is 6.58 Å². The molecule has 0 heterocycles. The van der Waals surface area contributed by atoms with Gasteiger partial charge in [-0.3, -0.25) is 4.79 Å². The highest BCUT2D eigenvalue weighted by atomic mass is 16.1. The van der Waals surface area contributed by atoms with Crippen molar-refractivity contribution >= 4 is 5.78 Å². The van der Waals surface area contributed by atoms with E-state index in [0.29, 0.717) is 12.3 Å². The number of ketones is 1. The summed E-state index contributed by atoms with van der Waals surface area (Å²) in [7, 11) is 0. The minimum absolute atomic E-state index is 0.206. The fourth-order valence-corrected chi connectivity index (χ4v) is 1.45. The lowest BCUT2D eigenvalue weighted by Crippen LogP contribution is -1.99. The Bertz CT molecular complexity index is 350. The lowest BCUT2D eigenvalue weighted by atomic mass is 9.98. The molecule has 1 aromatic rings. The van der Waals surface area contributed by atoms with Crippen LogP contribution in [0.1, 0.15) is 48.5 Å². The summed E-state index contributed by atoms with van der Waals surface area (Å²) in [5.41, 5.74) is 2.04. The summed E-state index contributed by atoms with van der Waals surface area (Å²) in [6, 6.07) is 7.90. The third-order valence-corrected chi connectivity index (χ3v) is 2.45. The predicted molar refractivity (Wildman–Crippen MR) is 64.3 cm³/mol. The quantitative estimate of drug-likeness (QED) is 0.521. The number of benzene rings is 1. The number of rotatable bonds is 5. The van der Waals surface area contributed by atoms with Crippen LogP contribution < -0.4 is 0 Å². The molecule has 0 amide bonds. The van der Waals surface area contributed by atoms with Crippen LogP contribution in [0.4, 0.5) is 0 Å². The molecular weight excluding hydrogens is 184 g/mol. The van der Waals surface area contributed by atoms with Gasteiger partial charge in [0.05, 0.1) is 0 Å². The molecule has 1 nitrogen and oxygen atoms in total. The van der Waals surface area contributed by atoms with Crippen LogP contribution in [0.3, 0.4) is 0 Å². The maximum Gasteiger partial charge on any atom is 0.163 e. The van der Waals surface area contributed by atoms with Crippen LogP contribution in [0.15, 0.2) is 36.9 Å². The molecule has 0 saturated carbocycles. The molecule has 0 unspecified atom stereocenters. The molecule has 0 aliphatic heterocycles. The van der Waals surface area contributed by atoms with Crippen molar-refractivity contribution < 1.29 is 4.79 Å². The summed E-state index contributed by atoms with van der Waals surface area (Å²) in [6.45, 7) is 7.88. The fraction of sp³-hybridized carbons (Fsp3) is 0.357. The van der Waals surface area contributed by atoms with Gasteiger partial charge in [0.25, 0.3) is 0 Å². The molecule has 0 aliphatic rings. The van der Waals surface area contributed by atoms with Crippen LogP contribution in [0.5, 0.6) is 0 Å². The Labute approximate surface area is 91.8 Å². The van der Waals surface area contributed by atoms with Crippen molar-refractivity contribution in [2.45, 2.75) is 32.6 Å². The molecule has 0 bridgehead atoms. The maximum absolute atomic E-state index is 11.7. The zero-order chi connectivity index (χ0) is 11.3. The largest absolute Gasteiger partial charge is 0.294 e. The summed E-state index contributed by atoms with van der Waals surface area (Å²) in [6.07, 6.45) is 3.10.